The van der Waals surface area contributed by atoms with Crippen LogP contribution in [0.3, 0.4) is 0 Å². The number of epoxide rings is 1. The van der Waals surface area contributed by atoms with E-state index >= 15 is 0 Å². The molecule has 3 aromatic rings. The molecule has 1 saturated heterocycles. The molecule has 4 rings (SSSR count). The highest BCUT2D eigenvalue weighted by Crippen LogP contribution is 2.59. The Morgan fingerprint density at radius 1 is 1.07 bits per heavy atom. The summed E-state index contributed by atoms with van der Waals surface area (Å²) in [7, 11) is 0. The average Bonchev–Trinajstić information content (AvgIpc) is 3.49. The lowest BCUT2D eigenvalue weighted by Crippen LogP contribution is -2.08. The monoisotopic (exact) mass is 402 g/mol. The van der Waals surface area contributed by atoms with Crippen molar-refractivity contribution >= 4 is 22.9 Å². The average molecular weight is 403 g/mol. The summed E-state index contributed by atoms with van der Waals surface area (Å²) in [5, 5.41) is 21.3. The van der Waals surface area contributed by atoms with Crippen LogP contribution in [0.4, 0.5) is 5.69 Å². The van der Waals surface area contributed by atoms with Crippen molar-refractivity contribution in [3.05, 3.63) is 117 Å². The van der Waals surface area contributed by atoms with Gasteiger partial charge in [-0.05, 0) is 47.0 Å². The van der Waals surface area contributed by atoms with Crippen molar-refractivity contribution in [3.8, 4) is 6.07 Å². The maximum Gasteiger partial charge on any atom is 0.269 e. The van der Waals surface area contributed by atoms with Crippen molar-refractivity contribution < 1.29 is 9.66 Å². The molecule has 0 spiro atoms. The van der Waals surface area contributed by atoms with Crippen LogP contribution in [0.25, 0.3) is 5.57 Å². The third-order valence-corrected chi connectivity index (χ3v) is 5.16. The predicted octanol–water partition coefficient (Wildman–Crippen LogP) is 5.82. The van der Waals surface area contributed by atoms with E-state index in [4.69, 9.17) is 16.3 Å². The number of hydrogen-bond donors (Lipinski definition) is 0. The van der Waals surface area contributed by atoms with E-state index in [1.807, 2.05) is 36.4 Å². The minimum atomic E-state index is -0.817. The van der Waals surface area contributed by atoms with Crippen LogP contribution in [0.5, 0.6) is 0 Å². The van der Waals surface area contributed by atoms with Crippen LogP contribution in [-0.2, 0) is 10.3 Å². The van der Waals surface area contributed by atoms with Crippen LogP contribution in [0.1, 0.15) is 22.8 Å². The number of ether oxygens (including phenoxy) is 1. The number of benzene rings is 3. The third-order valence-electron chi connectivity index (χ3n) is 4.91. The largest absolute Gasteiger partial charge is 0.351 e. The van der Waals surface area contributed by atoms with Crippen LogP contribution in [0.15, 0.2) is 84.9 Å². The van der Waals surface area contributed by atoms with E-state index in [1.54, 1.807) is 36.4 Å². The topological polar surface area (TPSA) is 79.5 Å². The molecule has 0 radical (unpaired) electrons. The Labute approximate surface area is 172 Å². The zero-order chi connectivity index (χ0) is 20.4. The number of halogens is 1. The number of nitro groups is 1. The molecule has 0 N–H and O–H groups in total. The van der Waals surface area contributed by atoms with Gasteiger partial charge < -0.3 is 4.74 Å². The summed E-state index contributed by atoms with van der Waals surface area (Å²) in [4.78, 5) is 10.5. The van der Waals surface area contributed by atoms with Gasteiger partial charge in [0.15, 0.2) is 0 Å². The standard InChI is InChI=1S/C23H15ClN2O3/c24-20-10-6-16(7-11-20)18(15-25)14-23(19-4-2-1-3-5-19)22(29-23)17-8-12-21(13-9-17)26(27)28/h1-14,22H/b18-14+/t22-,23+/m0/s1. The number of rotatable bonds is 5. The van der Waals surface area contributed by atoms with Crippen LogP contribution in [0.2, 0.25) is 5.02 Å². The first-order valence-electron chi connectivity index (χ1n) is 8.90. The van der Waals surface area contributed by atoms with Gasteiger partial charge in [-0.15, -0.1) is 0 Å². The Kier molecular flexibility index (Phi) is 4.89. The Balaban J connectivity index is 1.76. The molecule has 0 unspecified atom stereocenters. The smallest absolute Gasteiger partial charge is 0.269 e. The molecular weight excluding hydrogens is 388 g/mol. The molecule has 6 heteroatoms. The molecule has 1 heterocycles. The van der Waals surface area contributed by atoms with Crippen LogP contribution >= 0.6 is 11.6 Å². The van der Waals surface area contributed by atoms with E-state index in [-0.39, 0.29) is 11.8 Å². The predicted molar refractivity (Wildman–Crippen MR) is 110 cm³/mol. The van der Waals surface area contributed by atoms with Crippen LogP contribution < -0.4 is 0 Å². The van der Waals surface area contributed by atoms with Gasteiger partial charge in [-0.1, -0.05) is 54.1 Å². The number of nitriles is 1. The van der Waals surface area contributed by atoms with Gasteiger partial charge in [-0.25, -0.2) is 0 Å². The first-order valence-corrected chi connectivity index (χ1v) is 9.28. The third kappa shape index (κ3) is 3.64. The number of allylic oxidation sites excluding steroid dienone is 1. The quantitative estimate of drug-likeness (QED) is 0.233. The Bertz CT molecular complexity index is 1120. The normalized spacial score (nSPS) is 20.7. The lowest BCUT2D eigenvalue weighted by molar-refractivity contribution is -0.384. The Morgan fingerprint density at radius 2 is 1.72 bits per heavy atom. The number of nitrogens with zero attached hydrogens (tertiary/aromatic N) is 2. The molecule has 29 heavy (non-hydrogen) atoms. The van der Waals surface area contributed by atoms with Gasteiger partial charge in [0.1, 0.15) is 11.7 Å². The van der Waals surface area contributed by atoms with Crippen LogP contribution in [0, 0.1) is 21.4 Å². The van der Waals surface area contributed by atoms with Crippen molar-refractivity contribution in [2.45, 2.75) is 11.7 Å². The molecule has 1 aliphatic heterocycles. The van der Waals surface area contributed by atoms with Gasteiger partial charge in [0.05, 0.1) is 16.6 Å². The van der Waals surface area contributed by atoms with Gasteiger partial charge >= 0.3 is 0 Å². The lowest BCUT2D eigenvalue weighted by atomic mass is 9.88. The molecule has 0 bridgehead atoms. The number of non-ortho nitro benzene ring substituents is 1. The van der Waals surface area contributed by atoms with Gasteiger partial charge in [0.25, 0.3) is 5.69 Å². The van der Waals surface area contributed by atoms with Gasteiger partial charge in [-0.3, -0.25) is 10.1 Å². The fourth-order valence-electron chi connectivity index (χ4n) is 3.38. The number of hydrogen-bond acceptors (Lipinski definition) is 4. The molecule has 1 aliphatic rings. The molecule has 0 aromatic heterocycles. The van der Waals surface area contributed by atoms with E-state index in [1.165, 1.54) is 12.1 Å². The fraction of sp³-hybridized carbons (Fsp3) is 0.0870. The minimum Gasteiger partial charge on any atom is -0.351 e. The SMILES string of the molecule is N#C/C(=C\[C@]1(c2ccccc2)O[C@H]1c1ccc([N+](=O)[O-])cc1)c1ccc(Cl)cc1. The van der Waals surface area contributed by atoms with E-state index in [2.05, 4.69) is 6.07 Å². The fourth-order valence-corrected chi connectivity index (χ4v) is 3.51. The minimum absolute atomic E-state index is 0.0223. The highest BCUT2D eigenvalue weighted by atomic mass is 35.5. The van der Waals surface area contributed by atoms with Gasteiger partial charge in [0.2, 0.25) is 0 Å². The van der Waals surface area contributed by atoms with E-state index in [0.29, 0.717) is 10.6 Å². The zero-order valence-corrected chi connectivity index (χ0v) is 15.9. The maximum absolute atomic E-state index is 10.9. The molecule has 142 valence electrons. The summed E-state index contributed by atoms with van der Waals surface area (Å²) in [6.07, 6.45) is 1.47. The molecule has 1 fully saturated rings. The van der Waals surface area contributed by atoms with Gasteiger partial charge in [0, 0.05) is 17.2 Å². The summed E-state index contributed by atoms with van der Waals surface area (Å²) in [6.45, 7) is 0. The van der Waals surface area contributed by atoms with E-state index < -0.39 is 10.5 Å². The second-order valence-electron chi connectivity index (χ2n) is 6.68. The summed E-state index contributed by atoms with van der Waals surface area (Å²) in [6, 6.07) is 25.2. The van der Waals surface area contributed by atoms with E-state index in [0.717, 1.165) is 16.7 Å². The Morgan fingerprint density at radius 3 is 2.31 bits per heavy atom. The lowest BCUT2D eigenvalue weighted by Gasteiger charge is -2.11. The maximum atomic E-state index is 10.9. The molecule has 2 atom stereocenters. The van der Waals surface area contributed by atoms with Crippen molar-refractivity contribution in [1.82, 2.24) is 0 Å². The molecule has 0 amide bonds. The molecule has 0 saturated carbocycles. The van der Waals surface area contributed by atoms with Gasteiger partial charge in [-0.2, -0.15) is 5.26 Å². The van der Waals surface area contributed by atoms with Crippen molar-refractivity contribution in [2.24, 2.45) is 0 Å². The highest BCUT2D eigenvalue weighted by molar-refractivity contribution is 6.30. The molecule has 3 aromatic carbocycles. The highest BCUT2D eigenvalue weighted by Gasteiger charge is 2.57. The van der Waals surface area contributed by atoms with E-state index in [9.17, 15) is 15.4 Å². The second kappa shape index (κ2) is 7.51. The summed E-state index contributed by atoms with van der Waals surface area (Å²) in [5.74, 6) is 0. The molecule has 0 aliphatic carbocycles. The van der Waals surface area contributed by atoms with Crippen molar-refractivity contribution in [3.63, 3.8) is 0 Å². The zero-order valence-electron chi connectivity index (χ0n) is 15.2. The Hall–Kier alpha value is -3.46. The van der Waals surface area contributed by atoms with Crippen molar-refractivity contribution in [1.29, 1.82) is 5.26 Å². The summed E-state index contributed by atoms with van der Waals surface area (Å²) >= 11 is 5.96. The first-order chi connectivity index (χ1) is 14.0. The molecule has 5 nitrogen and oxygen atoms in total. The van der Waals surface area contributed by atoms with Crippen LogP contribution in [-0.4, -0.2) is 4.92 Å². The number of nitro benzene ring substituents is 1. The summed E-state index contributed by atoms with van der Waals surface area (Å²) in [5.41, 5.74) is 2.13. The second-order valence-corrected chi connectivity index (χ2v) is 7.12. The first kappa shape index (κ1) is 18.9. The van der Waals surface area contributed by atoms with Crippen molar-refractivity contribution in [2.75, 3.05) is 0 Å². The molecular formula is C23H15ClN2O3. The summed E-state index contributed by atoms with van der Waals surface area (Å²) < 4.78 is 6.13.